The van der Waals surface area contributed by atoms with Crippen LogP contribution in [0, 0.1) is 6.92 Å². The van der Waals surface area contributed by atoms with Gasteiger partial charge in [-0.15, -0.1) is 0 Å². The zero-order valence-corrected chi connectivity index (χ0v) is 19.6. The normalized spacial score (nSPS) is 11.5. The lowest BCUT2D eigenvalue weighted by Crippen LogP contribution is -2.37. The fourth-order valence-corrected chi connectivity index (χ4v) is 4.76. The Kier molecular flexibility index (Phi) is 7.62. The summed E-state index contributed by atoms with van der Waals surface area (Å²) in [4.78, 5) is 12.8. The van der Waals surface area contributed by atoms with Gasteiger partial charge in [0.1, 0.15) is 0 Å². The zero-order chi connectivity index (χ0) is 22.6. The van der Waals surface area contributed by atoms with E-state index in [1.165, 1.54) is 24.3 Å². The van der Waals surface area contributed by atoms with E-state index in [9.17, 15) is 13.2 Å². The molecule has 0 aliphatic heterocycles. The maximum Gasteiger partial charge on any atom is 0.243 e. The number of nitrogens with zero attached hydrogens (tertiary/aromatic N) is 1. The first kappa shape index (κ1) is 23.6. The molecule has 0 saturated carbocycles. The number of hydrogen-bond acceptors (Lipinski definition) is 3. The van der Waals surface area contributed by atoms with Crippen LogP contribution in [0.1, 0.15) is 11.1 Å². The highest BCUT2D eigenvalue weighted by Crippen LogP contribution is 2.23. The Morgan fingerprint density at radius 2 is 1.42 bits per heavy atom. The van der Waals surface area contributed by atoms with E-state index in [1.54, 1.807) is 49.4 Å². The second-order valence-corrected chi connectivity index (χ2v) is 10.1. The van der Waals surface area contributed by atoms with Crippen LogP contribution in [0.4, 0.5) is 5.69 Å². The van der Waals surface area contributed by atoms with E-state index in [1.807, 2.05) is 0 Å². The van der Waals surface area contributed by atoms with Crippen molar-refractivity contribution in [2.75, 3.05) is 11.9 Å². The predicted octanol–water partition coefficient (Wildman–Crippen LogP) is 5.78. The van der Waals surface area contributed by atoms with Gasteiger partial charge in [0.25, 0.3) is 0 Å². The van der Waals surface area contributed by atoms with Crippen LogP contribution in [0.5, 0.6) is 0 Å². The third-order valence-corrected chi connectivity index (χ3v) is 7.05. The Morgan fingerprint density at radius 3 is 2.00 bits per heavy atom. The monoisotopic (exact) mass is 496 g/mol. The van der Waals surface area contributed by atoms with Gasteiger partial charge in [-0.3, -0.25) is 4.79 Å². The van der Waals surface area contributed by atoms with Crippen molar-refractivity contribution in [3.05, 3.63) is 92.9 Å². The molecular formula is C22H19Cl3N2O3S. The van der Waals surface area contributed by atoms with E-state index < -0.39 is 15.9 Å². The van der Waals surface area contributed by atoms with E-state index >= 15 is 0 Å². The highest BCUT2D eigenvalue weighted by Gasteiger charge is 2.27. The van der Waals surface area contributed by atoms with Gasteiger partial charge in [0.15, 0.2) is 0 Å². The van der Waals surface area contributed by atoms with Gasteiger partial charge in [-0.25, -0.2) is 8.42 Å². The molecule has 0 atom stereocenters. The largest absolute Gasteiger partial charge is 0.325 e. The van der Waals surface area contributed by atoms with Crippen molar-refractivity contribution in [3.63, 3.8) is 0 Å². The van der Waals surface area contributed by atoms with Gasteiger partial charge in [0.05, 0.1) is 11.4 Å². The summed E-state index contributed by atoms with van der Waals surface area (Å²) in [6.07, 6.45) is 0. The molecule has 9 heteroatoms. The summed E-state index contributed by atoms with van der Waals surface area (Å²) < 4.78 is 27.7. The van der Waals surface area contributed by atoms with Gasteiger partial charge in [0, 0.05) is 27.3 Å². The van der Waals surface area contributed by atoms with Crippen molar-refractivity contribution in [2.24, 2.45) is 0 Å². The molecule has 31 heavy (non-hydrogen) atoms. The smallest absolute Gasteiger partial charge is 0.243 e. The standard InChI is InChI=1S/C22H19Cl3N2O3S/c1-15-12-19(25)8-11-21(15)26-22(28)14-27(13-16-2-4-17(23)5-3-16)31(29,30)20-9-6-18(24)7-10-20/h2-12H,13-14H2,1H3,(H,26,28). The van der Waals surface area contributed by atoms with Gasteiger partial charge in [-0.1, -0.05) is 46.9 Å². The maximum atomic E-state index is 13.3. The molecule has 3 aromatic carbocycles. The van der Waals surface area contributed by atoms with Crippen LogP contribution in [0.2, 0.25) is 15.1 Å². The van der Waals surface area contributed by atoms with Crippen LogP contribution in [-0.4, -0.2) is 25.2 Å². The van der Waals surface area contributed by atoms with Crippen LogP contribution >= 0.6 is 34.8 Å². The summed E-state index contributed by atoms with van der Waals surface area (Å²) in [5.74, 6) is -0.475. The van der Waals surface area contributed by atoms with Gasteiger partial charge in [-0.05, 0) is 72.6 Å². The van der Waals surface area contributed by atoms with E-state index in [0.29, 0.717) is 26.3 Å². The summed E-state index contributed by atoms with van der Waals surface area (Å²) in [6.45, 7) is 1.42. The van der Waals surface area contributed by atoms with Gasteiger partial charge < -0.3 is 5.32 Å². The Balaban J connectivity index is 1.88. The molecule has 1 N–H and O–H groups in total. The van der Waals surface area contributed by atoms with Gasteiger partial charge >= 0.3 is 0 Å². The lowest BCUT2D eigenvalue weighted by atomic mass is 10.2. The Labute approximate surface area is 196 Å². The predicted molar refractivity (Wildman–Crippen MR) is 125 cm³/mol. The third-order valence-electron chi connectivity index (χ3n) is 4.51. The van der Waals surface area contributed by atoms with Crippen molar-refractivity contribution in [1.82, 2.24) is 4.31 Å². The molecule has 1 amide bonds. The van der Waals surface area contributed by atoms with Crippen LogP contribution in [0.15, 0.2) is 71.6 Å². The fraction of sp³-hybridized carbons (Fsp3) is 0.136. The van der Waals surface area contributed by atoms with E-state index in [0.717, 1.165) is 9.87 Å². The van der Waals surface area contributed by atoms with Crippen molar-refractivity contribution < 1.29 is 13.2 Å². The molecule has 5 nitrogen and oxygen atoms in total. The molecule has 0 spiro atoms. The molecule has 0 heterocycles. The SMILES string of the molecule is Cc1cc(Cl)ccc1NC(=O)CN(Cc1ccc(Cl)cc1)S(=O)(=O)c1ccc(Cl)cc1. The first-order valence-corrected chi connectivity index (χ1v) is 11.8. The Morgan fingerprint density at radius 1 is 0.871 bits per heavy atom. The molecule has 0 aromatic heterocycles. The molecule has 3 rings (SSSR count). The molecular weight excluding hydrogens is 479 g/mol. The Bertz CT molecular complexity index is 1180. The minimum absolute atomic E-state index is 0.00481. The summed E-state index contributed by atoms with van der Waals surface area (Å²) in [5, 5.41) is 4.25. The second kappa shape index (κ2) is 10.0. The number of carbonyl (C=O) groups excluding carboxylic acids is 1. The molecule has 0 aliphatic rings. The fourth-order valence-electron chi connectivity index (χ4n) is 2.89. The van der Waals surface area contributed by atoms with Gasteiger partial charge in [-0.2, -0.15) is 4.31 Å². The number of sulfonamides is 1. The average Bonchev–Trinajstić information content (AvgIpc) is 2.71. The summed E-state index contributed by atoms with van der Waals surface area (Å²) in [6, 6.07) is 17.6. The van der Waals surface area contributed by atoms with E-state index in [4.69, 9.17) is 34.8 Å². The van der Waals surface area contributed by atoms with Crippen molar-refractivity contribution in [2.45, 2.75) is 18.4 Å². The maximum absolute atomic E-state index is 13.3. The number of aryl methyl sites for hydroxylation is 1. The molecule has 0 bridgehead atoms. The number of anilines is 1. The lowest BCUT2D eigenvalue weighted by molar-refractivity contribution is -0.116. The first-order chi connectivity index (χ1) is 14.6. The topological polar surface area (TPSA) is 66.5 Å². The highest BCUT2D eigenvalue weighted by molar-refractivity contribution is 7.89. The minimum Gasteiger partial charge on any atom is -0.325 e. The molecule has 3 aromatic rings. The van der Waals surface area contributed by atoms with Crippen LogP contribution in [0.25, 0.3) is 0 Å². The number of amides is 1. The van der Waals surface area contributed by atoms with Crippen LogP contribution < -0.4 is 5.32 Å². The quantitative estimate of drug-likeness (QED) is 0.449. The van der Waals surface area contributed by atoms with Crippen LogP contribution in [0.3, 0.4) is 0 Å². The van der Waals surface area contributed by atoms with Gasteiger partial charge in [0.2, 0.25) is 15.9 Å². The highest BCUT2D eigenvalue weighted by atomic mass is 35.5. The number of nitrogens with one attached hydrogen (secondary N) is 1. The summed E-state index contributed by atoms with van der Waals surface area (Å²) in [5.41, 5.74) is 2.02. The van der Waals surface area contributed by atoms with Crippen molar-refractivity contribution >= 4 is 56.4 Å². The summed E-state index contributed by atoms with van der Waals surface area (Å²) >= 11 is 17.8. The van der Waals surface area contributed by atoms with Crippen molar-refractivity contribution in [1.29, 1.82) is 0 Å². The van der Waals surface area contributed by atoms with Crippen molar-refractivity contribution in [3.8, 4) is 0 Å². The molecule has 0 fully saturated rings. The molecule has 0 radical (unpaired) electrons. The first-order valence-electron chi connectivity index (χ1n) is 9.21. The van der Waals surface area contributed by atoms with E-state index in [-0.39, 0.29) is 18.0 Å². The molecule has 162 valence electrons. The zero-order valence-electron chi connectivity index (χ0n) is 16.5. The lowest BCUT2D eigenvalue weighted by Gasteiger charge is -2.22. The number of hydrogen-bond donors (Lipinski definition) is 1. The summed E-state index contributed by atoms with van der Waals surface area (Å²) in [7, 11) is -3.97. The second-order valence-electron chi connectivity index (χ2n) is 6.86. The van der Waals surface area contributed by atoms with E-state index in [2.05, 4.69) is 5.32 Å². The Hall–Kier alpha value is -2.09. The number of halogens is 3. The number of carbonyl (C=O) groups is 1. The third kappa shape index (κ3) is 6.21. The molecule has 0 unspecified atom stereocenters. The minimum atomic E-state index is -3.97. The van der Waals surface area contributed by atoms with Crippen LogP contribution in [-0.2, 0) is 21.4 Å². The number of benzene rings is 3. The molecule has 0 saturated heterocycles. The average molecular weight is 498 g/mol. The number of rotatable bonds is 7. The molecule has 0 aliphatic carbocycles.